The molecular formula is C29H45N3O2. The van der Waals surface area contributed by atoms with Crippen molar-refractivity contribution >= 4 is 0 Å². The van der Waals surface area contributed by atoms with Crippen molar-refractivity contribution in [3.8, 4) is 6.07 Å². The van der Waals surface area contributed by atoms with Gasteiger partial charge in [-0.1, -0.05) is 20.8 Å². The summed E-state index contributed by atoms with van der Waals surface area (Å²) in [4.78, 5) is 0. The van der Waals surface area contributed by atoms with Crippen LogP contribution >= 0.6 is 0 Å². The van der Waals surface area contributed by atoms with Crippen molar-refractivity contribution < 1.29 is 10.2 Å². The molecule has 4 aliphatic carbocycles. The summed E-state index contributed by atoms with van der Waals surface area (Å²) in [5.74, 6) is 5.12. The Morgan fingerprint density at radius 2 is 1.88 bits per heavy atom. The minimum atomic E-state index is -0.867. The van der Waals surface area contributed by atoms with Gasteiger partial charge in [0.15, 0.2) is 0 Å². The van der Waals surface area contributed by atoms with Crippen LogP contribution in [0.1, 0.15) is 91.5 Å². The molecule has 0 spiro atoms. The molecule has 0 saturated heterocycles. The molecule has 4 fully saturated rings. The second-order valence-corrected chi connectivity index (χ2v) is 13.7. The van der Waals surface area contributed by atoms with Crippen LogP contribution in [-0.2, 0) is 6.54 Å². The van der Waals surface area contributed by atoms with Gasteiger partial charge in [-0.05, 0) is 118 Å². The number of nitrogens with zero attached hydrogens (tertiary/aromatic N) is 3. The van der Waals surface area contributed by atoms with Gasteiger partial charge in [-0.2, -0.15) is 10.4 Å². The van der Waals surface area contributed by atoms with Crippen LogP contribution in [-0.4, -0.2) is 31.2 Å². The van der Waals surface area contributed by atoms with E-state index in [-0.39, 0.29) is 11.3 Å². The molecule has 4 saturated carbocycles. The van der Waals surface area contributed by atoms with E-state index in [4.69, 9.17) is 0 Å². The highest BCUT2D eigenvalue weighted by molar-refractivity contribution is 5.21. The first-order valence-corrected chi connectivity index (χ1v) is 13.8. The van der Waals surface area contributed by atoms with Crippen molar-refractivity contribution in [2.24, 2.45) is 52.8 Å². The maximum atomic E-state index is 12.0. The molecule has 0 aromatic carbocycles. The monoisotopic (exact) mass is 467 g/mol. The van der Waals surface area contributed by atoms with Gasteiger partial charge >= 0.3 is 0 Å². The molecule has 11 atom stereocenters. The average Bonchev–Trinajstić information content (AvgIpc) is 3.21. The molecule has 34 heavy (non-hydrogen) atoms. The van der Waals surface area contributed by atoms with Gasteiger partial charge in [0.1, 0.15) is 6.07 Å². The summed E-state index contributed by atoms with van der Waals surface area (Å²) < 4.78 is 1.77. The first-order valence-electron chi connectivity index (χ1n) is 13.8. The first kappa shape index (κ1) is 24.3. The average molecular weight is 468 g/mol. The zero-order valence-corrected chi connectivity index (χ0v) is 21.9. The van der Waals surface area contributed by atoms with Gasteiger partial charge in [-0.3, -0.25) is 4.68 Å². The Morgan fingerprint density at radius 3 is 2.59 bits per heavy atom. The maximum Gasteiger partial charge on any atom is 0.102 e. The number of nitriles is 1. The molecule has 2 N–H and O–H groups in total. The van der Waals surface area contributed by atoms with E-state index in [9.17, 15) is 15.5 Å². The van der Waals surface area contributed by atoms with Crippen LogP contribution in [0.4, 0.5) is 0 Å². The molecule has 5 heteroatoms. The van der Waals surface area contributed by atoms with Crippen LogP contribution in [0, 0.1) is 64.1 Å². The molecule has 0 bridgehead atoms. The predicted octanol–water partition coefficient (Wildman–Crippen LogP) is 5.41. The molecule has 1 heterocycles. The zero-order valence-electron chi connectivity index (χ0n) is 21.9. The largest absolute Gasteiger partial charge is 0.390 e. The third-order valence-corrected chi connectivity index (χ3v) is 11.4. The molecule has 5 rings (SSSR count). The summed E-state index contributed by atoms with van der Waals surface area (Å²) in [5, 5.41) is 36.2. The Hall–Kier alpha value is -1.38. The van der Waals surface area contributed by atoms with E-state index < -0.39 is 11.2 Å². The van der Waals surface area contributed by atoms with E-state index in [1.807, 2.05) is 13.8 Å². The van der Waals surface area contributed by atoms with Gasteiger partial charge in [0.2, 0.25) is 0 Å². The van der Waals surface area contributed by atoms with Crippen LogP contribution in [0.3, 0.4) is 0 Å². The summed E-state index contributed by atoms with van der Waals surface area (Å²) in [5.41, 5.74) is -0.664. The fourth-order valence-electron chi connectivity index (χ4n) is 9.87. The molecule has 5 nitrogen and oxygen atoms in total. The van der Waals surface area contributed by atoms with Crippen LogP contribution in [0.25, 0.3) is 0 Å². The van der Waals surface area contributed by atoms with E-state index in [0.29, 0.717) is 35.8 Å². The van der Waals surface area contributed by atoms with Gasteiger partial charge in [0.05, 0.1) is 29.5 Å². The fourth-order valence-corrected chi connectivity index (χ4v) is 9.87. The lowest BCUT2D eigenvalue weighted by Crippen LogP contribution is -2.61. The quantitative estimate of drug-likeness (QED) is 0.623. The minimum Gasteiger partial charge on any atom is -0.390 e. The maximum absolute atomic E-state index is 12.0. The SMILES string of the molecule is C[C@H]1[C@H]2[C@@H]3CC[C@@H]4C[C@](C)(O)CC[C@@H]4[C@H]3CC[C@]2(C)[C@@H](C(C)(O)Cn2cc(C#N)cn2)C[C@@H]1C. The lowest BCUT2D eigenvalue weighted by molar-refractivity contribution is -0.196. The predicted molar refractivity (Wildman–Crippen MR) is 133 cm³/mol. The first-order chi connectivity index (χ1) is 15.9. The zero-order chi connectivity index (χ0) is 24.5. The van der Waals surface area contributed by atoms with Crippen molar-refractivity contribution in [2.75, 3.05) is 0 Å². The van der Waals surface area contributed by atoms with Crippen LogP contribution in [0.5, 0.6) is 0 Å². The molecule has 0 radical (unpaired) electrons. The number of aromatic nitrogens is 2. The summed E-state index contributed by atoms with van der Waals surface area (Å²) in [6.45, 7) is 11.9. The number of fused-ring (bicyclic) bond motifs is 5. The highest BCUT2D eigenvalue weighted by Gasteiger charge is 2.61. The van der Waals surface area contributed by atoms with Gasteiger partial charge < -0.3 is 10.2 Å². The second kappa shape index (κ2) is 8.34. The van der Waals surface area contributed by atoms with Gasteiger partial charge in [-0.15, -0.1) is 0 Å². The van der Waals surface area contributed by atoms with Crippen molar-refractivity contribution in [1.82, 2.24) is 9.78 Å². The molecule has 188 valence electrons. The topological polar surface area (TPSA) is 82.1 Å². The third-order valence-electron chi connectivity index (χ3n) is 11.4. The van der Waals surface area contributed by atoms with E-state index in [1.54, 1.807) is 17.1 Å². The number of rotatable bonds is 3. The Morgan fingerprint density at radius 1 is 1.15 bits per heavy atom. The fraction of sp³-hybridized carbons (Fsp3) is 0.862. The second-order valence-electron chi connectivity index (χ2n) is 13.7. The molecular weight excluding hydrogens is 422 g/mol. The highest BCUT2D eigenvalue weighted by Crippen LogP contribution is 2.66. The summed E-state index contributed by atoms with van der Waals surface area (Å²) in [7, 11) is 0. The van der Waals surface area contributed by atoms with Crippen molar-refractivity contribution in [1.29, 1.82) is 5.26 Å². The molecule has 4 aliphatic rings. The van der Waals surface area contributed by atoms with E-state index >= 15 is 0 Å². The number of aliphatic hydroxyl groups is 2. The normalized spacial score (nSPS) is 48.1. The Balaban J connectivity index is 1.42. The summed E-state index contributed by atoms with van der Waals surface area (Å²) in [6, 6.07) is 2.16. The third kappa shape index (κ3) is 3.94. The van der Waals surface area contributed by atoms with E-state index in [2.05, 4.69) is 31.9 Å². The molecule has 1 unspecified atom stereocenters. The van der Waals surface area contributed by atoms with Crippen molar-refractivity contribution in [3.05, 3.63) is 18.0 Å². The van der Waals surface area contributed by atoms with Crippen molar-refractivity contribution in [2.45, 2.75) is 104 Å². The van der Waals surface area contributed by atoms with E-state index in [0.717, 1.165) is 37.0 Å². The molecule has 0 aliphatic heterocycles. The number of hydrogen-bond donors (Lipinski definition) is 2. The smallest absolute Gasteiger partial charge is 0.102 e. The lowest BCUT2D eigenvalue weighted by atomic mass is 9.40. The Bertz CT molecular complexity index is 945. The lowest BCUT2D eigenvalue weighted by Gasteiger charge is -2.65. The van der Waals surface area contributed by atoms with Crippen LogP contribution < -0.4 is 0 Å². The van der Waals surface area contributed by atoms with Crippen LogP contribution in [0.2, 0.25) is 0 Å². The van der Waals surface area contributed by atoms with Crippen LogP contribution in [0.15, 0.2) is 12.4 Å². The number of hydrogen-bond acceptors (Lipinski definition) is 4. The van der Waals surface area contributed by atoms with Gasteiger partial charge in [0, 0.05) is 6.20 Å². The molecule has 0 amide bonds. The summed E-state index contributed by atoms with van der Waals surface area (Å²) in [6.07, 6.45) is 12.6. The van der Waals surface area contributed by atoms with Gasteiger partial charge in [0.25, 0.3) is 0 Å². The van der Waals surface area contributed by atoms with E-state index in [1.165, 1.54) is 32.1 Å². The highest BCUT2D eigenvalue weighted by atomic mass is 16.3. The molecule has 1 aromatic heterocycles. The van der Waals surface area contributed by atoms with Gasteiger partial charge in [-0.25, -0.2) is 0 Å². The Labute approximate surface area is 205 Å². The molecule has 1 aromatic rings. The van der Waals surface area contributed by atoms with Crippen molar-refractivity contribution in [3.63, 3.8) is 0 Å². The standard InChI is InChI=1S/C29H45N3O2/c1-18-12-25(29(5,34)17-32-16-20(14-30)15-31-32)28(4)11-9-23-22-8-10-27(3,33)13-21(22)6-7-24(23)26(28)19(18)2/h15-16,18-19,21-26,33-34H,6-13,17H2,1-5H3/t18-,19+,21+,22-,23+,24+,25-,26-,27+,28+,29?/m0/s1. The minimum absolute atomic E-state index is 0.120. The Kier molecular flexibility index (Phi) is 5.97. The summed E-state index contributed by atoms with van der Waals surface area (Å²) >= 11 is 0.